The number of nitrogens with zero attached hydrogens (tertiary/aromatic N) is 3. The predicted octanol–water partition coefficient (Wildman–Crippen LogP) is -0.0635. The number of rotatable bonds is 4. The Morgan fingerprint density at radius 1 is 1.77 bits per heavy atom. The van der Waals surface area contributed by atoms with Gasteiger partial charge in [0.2, 0.25) is 0 Å². The van der Waals surface area contributed by atoms with E-state index in [-0.39, 0.29) is 6.54 Å². The predicted molar refractivity (Wildman–Crippen MR) is 47.2 cm³/mol. The minimum absolute atomic E-state index is 0.0505. The third-order valence-electron chi connectivity index (χ3n) is 1.62. The van der Waals surface area contributed by atoms with E-state index in [1.807, 2.05) is 13.2 Å². The molecule has 5 nitrogen and oxygen atoms in total. The van der Waals surface area contributed by atoms with Gasteiger partial charge in [0, 0.05) is 25.4 Å². The molecule has 5 heteroatoms. The van der Waals surface area contributed by atoms with Gasteiger partial charge in [-0.3, -0.25) is 14.4 Å². The first kappa shape index (κ1) is 9.73. The molecule has 0 aromatic carbocycles. The van der Waals surface area contributed by atoms with Gasteiger partial charge in [-0.1, -0.05) is 0 Å². The van der Waals surface area contributed by atoms with Crippen molar-refractivity contribution in [2.45, 2.75) is 6.54 Å². The summed E-state index contributed by atoms with van der Waals surface area (Å²) in [5, 5.41) is 12.5. The van der Waals surface area contributed by atoms with Crippen molar-refractivity contribution in [2.75, 3.05) is 13.6 Å². The van der Waals surface area contributed by atoms with E-state index in [0.29, 0.717) is 6.54 Å². The largest absolute Gasteiger partial charge is 0.480 e. The maximum Gasteiger partial charge on any atom is 0.317 e. The smallest absolute Gasteiger partial charge is 0.317 e. The minimum Gasteiger partial charge on any atom is -0.480 e. The van der Waals surface area contributed by atoms with Gasteiger partial charge in [0.1, 0.15) is 0 Å². The Hall–Kier alpha value is -1.36. The van der Waals surface area contributed by atoms with Gasteiger partial charge in [0.25, 0.3) is 0 Å². The first-order valence-electron chi connectivity index (χ1n) is 3.96. The number of aromatic nitrogens is 2. The molecule has 0 spiro atoms. The summed E-state index contributed by atoms with van der Waals surface area (Å²) in [6.07, 6.45) is 3.61. The molecule has 0 saturated heterocycles. The highest BCUT2D eigenvalue weighted by atomic mass is 16.4. The monoisotopic (exact) mass is 183 g/mol. The number of carbonyl (C=O) groups is 1. The summed E-state index contributed by atoms with van der Waals surface area (Å²) in [7, 11) is 3.60. The van der Waals surface area contributed by atoms with Crippen LogP contribution in [-0.4, -0.2) is 39.3 Å². The van der Waals surface area contributed by atoms with Gasteiger partial charge in [-0.05, 0) is 7.05 Å². The minimum atomic E-state index is -0.814. The first-order valence-corrected chi connectivity index (χ1v) is 3.96. The Balaban J connectivity index is 2.44. The molecule has 1 aromatic heterocycles. The standard InChI is InChI=1S/C8H13N3O2/c1-10(6-8(12)13)4-7-3-9-11(2)5-7/h3,5H,4,6H2,1-2H3,(H,12,13). The fraction of sp³-hybridized carbons (Fsp3) is 0.500. The molecular weight excluding hydrogens is 170 g/mol. The second kappa shape index (κ2) is 4.04. The van der Waals surface area contributed by atoms with Crippen LogP contribution >= 0.6 is 0 Å². The van der Waals surface area contributed by atoms with E-state index in [2.05, 4.69) is 5.10 Å². The SMILES string of the molecule is CN(CC(=O)O)Cc1cnn(C)c1. The number of carboxylic acids is 1. The van der Waals surface area contributed by atoms with E-state index in [1.165, 1.54) is 0 Å². The van der Waals surface area contributed by atoms with Crippen LogP contribution in [0.5, 0.6) is 0 Å². The van der Waals surface area contributed by atoms with E-state index < -0.39 is 5.97 Å². The Bertz CT molecular complexity index is 295. The van der Waals surface area contributed by atoms with Gasteiger partial charge in [-0.15, -0.1) is 0 Å². The summed E-state index contributed by atoms with van der Waals surface area (Å²) in [5.74, 6) is -0.814. The van der Waals surface area contributed by atoms with Gasteiger partial charge in [0.15, 0.2) is 0 Å². The summed E-state index contributed by atoms with van der Waals surface area (Å²) in [5.41, 5.74) is 1.02. The van der Waals surface area contributed by atoms with Crippen LogP contribution in [0, 0.1) is 0 Å². The fourth-order valence-corrected chi connectivity index (χ4v) is 1.15. The summed E-state index contributed by atoms with van der Waals surface area (Å²) >= 11 is 0. The van der Waals surface area contributed by atoms with Crippen LogP contribution in [-0.2, 0) is 18.4 Å². The van der Waals surface area contributed by atoms with Gasteiger partial charge in [-0.25, -0.2) is 0 Å². The van der Waals surface area contributed by atoms with Crippen molar-refractivity contribution < 1.29 is 9.90 Å². The molecule has 0 aliphatic heterocycles. The fourth-order valence-electron chi connectivity index (χ4n) is 1.15. The molecule has 0 unspecified atom stereocenters. The third-order valence-corrected chi connectivity index (χ3v) is 1.62. The van der Waals surface area contributed by atoms with Crippen LogP contribution in [0.2, 0.25) is 0 Å². The zero-order valence-corrected chi connectivity index (χ0v) is 7.77. The molecular formula is C8H13N3O2. The Kier molecular flexibility index (Phi) is 3.02. The number of aryl methyl sites for hydroxylation is 1. The molecule has 13 heavy (non-hydrogen) atoms. The van der Waals surface area contributed by atoms with Crippen LogP contribution in [0.1, 0.15) is 5.56 Å². The molecule has 0 fully saturated rings. The quantitative estimate of drug-likeness (QED) is 0.710. The number of hydrogen-bond donors (Lipinski definition) is 1. The van der Waals surface area contributed by atoms with Crippen molar-refractivity contribution in [3.05, 3.63) is 18.0 Å². The molecule has 72 valence electrons. The number of hydrogen-bond acceptors (Lipinski definition) is 3. The Labute approximate surface area is 76.6 Å². The molecule has 0 aliphatic rings. The zero-order valence-electron chi connectivity index (χ0n) is 7.77. The highest BCUT2D eigenvalue weighted by Gasteiger charge is 2.05. The lowest BCUT2D eigenvalue weighted by molar-refractivity contribution is -0.138. The lowest BCUT2D eigenvalue weighted by Crippen LogP contribution is -2.24. The third kappa shape index (κ3) is 3.25. The Morgan fingerprint density at radius 2 is 2.46 bits per heavy atom. The van der Waals surface area contributed by atoms with Crippen LogP contribution in [0.3, 0.4) is 0 Å². The molecule has 1 heterocycles. The van der Waals surface area contributed by atoms with Gasteiger partial charge < -0.3 is 5.11 Å². The van der Waals surface area contributed by atoms with E-state index >= 15 is 0 Å². The summed E-state index contributed by atoms with van der Waals surface area (Å²) in [4.78, 5) is 12.1. The average Bonchev–Trinajstić information content (AvgIpc) is 2.33. The molecule has 0 atom stereocenters. The highest BCUT2D eigenvalue weighted by molar-refractivity contribution is 5.68. The maximum absolute atomic E-state index is 10.3. The lowest BCUT2D eigenvalue weighted by Gasteiger charge is -2.11. The van der Waals surface area contributed by atoms with E-state index in [1.54, 1.807) is 22.8 Å². The van der Waals surface area contributed by atoms with Crippen LogP contribution < -0.4 is 0 Å². The number of carboxylic acid groups (broad SMARTS) is 1. The molecule has 0 saturated carbocycles. The second-order valence-corrected chi connectivity index (χ2v) is 3.09. The van der Waals surface area contributed by atoms with Crippen molar-refractivity contribution in [1.29, 1.82) is 0 Å². The first-order chi connectivity index (χ1) is 6.08. The summed E-state index contributed by atoms with van der Waals surface area (Å²) in [6.45, 7) is 0.662. The van der Waals surface area contributed by atoms with Crippen molar-refractivity contribution in [3.8, 4) is 0 Å². The molecule has 1 N–H and O–H groups in total. The van der Waals surface area contributed by atoms with E-state index in [9.17, 15) is 4.79 Å². The molecule has 1 aromatic rings. The van der Waals surface area contributed by atoms with Crippen LogP contribution in [0.25, 0.3) is 0 Å². The normalized spacial score (nSPS) is 10.7. The number of likely N-dealkylation sites (N-methyl/N-ethyl adjacent to an activating group) is 1. The highest BCUT2D eigenvalue weighted by Crippen LogP contribution is 2.00. The van der Waals surface area contributed by atoms with Gasteiger partial charge in [-0.2, -0.15) is 5.10 Å². The molecule has 0 radical (unpaired) electrons. The van der Waals surface area contributed by atoms with Gasteiger partial charge in [0.05, 0.1) is 12.7 Å². The second-order valence-electron chi connectivity index (χ2n) is 3.09. The lowest BCUT2D eigenvalue weighted by atomic mass is 10.3. The zero-order chi connectivity index (χ0) is 9.84. The Morgan fingerprint density at radius 3 is 2.92 bits per heavy atom. The van der Waals surface area contributed by atoms with Crippen LogP contribution in [0.4, 0.5) is 0 Å². The van der Waals surface area contributed by atoms with Crippen molar-refractivity contribution >= 4 is 5.97 Å². The molecule has 0 aliphatic carbocycles. The molecule has 0 amide bonds. The molecule has 1 rings (SSSR count). The van der Waals surface area contributed by atoms with Crippen molar-refractivity contribution in [3.63, 3.8) is 0 Å². The average molecular weight is 183 g/mol. The van der Waals surface area contributed by atoms with Crippen molar-refractivity contribution in [2.24, 2.45) is 7.05 Å². The van der Waals surface area contributed by atoms with Gasteiger partial charge >= 0.3 is 5.97 Å². The molecule has 0 bridgehead atoms. The van der Waals surface area contributed by atoms with E-state index in [0.717, 1.165) is 5.56 Å². The number of aliphatic carboxylic acids is 1. The topological polar surface area (TPSA) is 58.4 Å². The maximum atomic E-state index is 10.3. The summed E-state index contributed by atoms with van der Waals surface area (Å²) in [6, 6.07) is 0. The van der Waals surface area contributed by atoms with E-state index in [4.69, 9.17) is 5.11 Å². The van der Waals surface area contributed by atoms with Crippen molar-refractivity contribution in [1.82, 2.24) is 14.7 Å². The summed E-state index contributed by atoms with van der Waals surface area (Å²) < 4.78 is 1.70. The van der Waals surface area contributed by atoms with Crippen LogP contribution in [0.15, 0.2) is 12.4 Å².